The van der Waals surface area contributed by atoms with Crippen LogP contribution >= 0.6 is 0 Å². The molecule has 5 nitrogen and oxygen atoms in total. The Morgan fingerprint density at radius 1 is 1.26 bits per heavy atom. The van der Waals surface area contributed by atoms with Crippen LogP contribution in [0.3, 0.4) is 0 Å². The Morgan fingerprint density at radius 2 is 2.00 bits per heavy atom. The lowest BCUT2D eigenvalue weighted by atomic mass is 10.2. The third-order valence-corrected chi connectivity index (χ3v) is 3.15. The standard InChI is InChI=1S/C14H17N3O2/c1-3-12-9-13(4-2)16(15-12)10-11-7-5-6-8-14(11)17(18)19/h5-9H,3-4,10H2,1-2H3. The SMILES string of the molecule is CCc1cc(CC)n(Cc2ccccc2[N+](=O)[O-])n1. The minimum atomic E-state index is -0.342. The van der Waals surface area contributed by atoms with Crippen LogP contribution in [0, 0.1) is 10.1 Å². The average molecular weight is 259 g/mol. The molecule has 2 rings (SSSR count). The first-order chi connectivity index (χ1) is 9.15. The first-order valence-electron chi connectivity index (χ1n) is 6.43. The summed E-state index contributed by atoms with van der Waals surface area (Å²) in [6.45, 7) is 4.56. The summed E-state index contributed by atoms with van der Waals surface area (Å²) in [6, 6.07) is 8.88. The molecule has 0 saturated heterocycles. The number of hydrogen-bond acceptors (Lipinski definition) is 3. The van der Waals surface area contributed by atoms with Crippen LogP contribution < -0.4 is 0 Å². The van der Waals surface area contributed by atoms with Gasteiger partial charge in [0.25, 0.3) is 5.69 Å². The first-order valence-corrected chi connectivity index (χ1v) is 6.43. The predicted molar refractivity (Wildman–Crippen MR) is 73.2 cm³/mol. The molecule has 0 amide bonds. The van der Waals surface area contributed by atoms with E-state index in [1.165, 1.54) is 6.07 Å². The summed E-state index contributed by atoms with van der Waals surface area (Å²) in [7, 11) is 0. The van der Waals surface area contributed by atoms with Gasteiger partial charge in [-0.15, -0.1) is 0 Å². The molecule has 1 aromatic heterocycles. The monoisotopic (exact) mass is 259 g/mol. The summed E-state index contributed by atoms with van der Waals surface area (Å²) in [5.41, 5.74) is 2.97. The van der Waals surface area contributed by atoms with Crippen molar-refractivity contribution in [3.63, 3.8) is 0 Å². The van der Waals surface area contributed by atoms with Crippen LogP contribution in [0.1, 0.15) is 30.8 Å². The Kier molecular flexibility index (Phi) is 3.94. The Morgan fingerprint density at radius 3 is 2.63 bits per heavy atom. The molecule has 1 heterocycles. The Labute approximate surface area is 112 Å². The molecule has 0 N–H and O–H groups in total. The van der Waals surface area contributed by atoms with E-state index >= 15 is 0 Å². The highest BCUT2D eigenvalue weighted by molar-refractivity contribution is 5.40. The number of aromatic nitrogens is 2. The van der Waals surface area contributed by atoms with Crippen molar-refractivity contribution in [3.8, 4) is 0 Å². The zero-order valence-electron chi connectivity index (χ0n) is 11.2. The van der Waals surface area contributed by atoms with Gasteiger partial charge in [0, 0.05) is 11.8 Å². The van der Waals surface area contributed by atoms with Crippen molar-refractivity contribution in [1.29, 1.82) is 0 Å². The van der Waals surface area contributed by atoms with E-state index in [4.69, 9.17) is 0 Å². The summed E-state index contributed by atoms with van der Waals surface area (Å²) in [6.07, 6.45) is 1.74. The van der Waals surface area contributed by atoms with E-state index in [2.05, 4.69) is 25.0 Å². The Balaban J connectivity index is 2.35. The molecule has 0 aliphatic rings. The van der Waals surface area contributed by atoms with Gasteiger partial charge in [-0.05, 0) is 18.9 Å². The lowest BCUT2D eigenvalue weighted by Crippen LogP contribution is -2.07. The largest absolute Gasteiger partial charge is 0.274 e. The van der Waals surface area contributed by atoms with Gasteiger partial charge in [-0.1, -0.05) is 32.0 Å². The molecular formula is C14H17N3O2. The van der Waals surface area contributed by atoms with Crippen molar-refractivity contribution in [1.82, 2.24) is 9.78 Å². The molecule has 0 bridgehead atoms. The maximum absolute atomic E-state index is 11.0. The van der Waals surface area contributed by atoms with Gasteiger partial charge in [-0.3, -0.25) is 14.8 Å². The topological polar surface area (TPSA) is 61.0 Å². The lowest BCUT2D eigenvalue weighted by Gasteiger charge is -2.06. The number of aryl methyl sites for hydroxylation is 2. The fraction of sp³-hybridized carbons (Fsp3) is 0.357. The van der Waals surface area contributed by atoms with Gasteiger partial charge in [0.1, 0.15) is 0 Å². The molecule has 1 aromatic carbocycles. The van der Waals surface area contributed by atoms with Crippen LogP contribution in [0.4, 0.5) is 5.69 Å². The molecule has 0 unspecified atom stereocenters. The van der Waals surface area contributed by atoms with Crippen LogP contribution in [0.25, 0.3) is 0 Å². The Hall–Kier alpha value is -2.17. The third-order valence-electron chi connectivity index (χ3n) is 3.15. The molecule has 0 aliphatic carbocycles. The normalized spacial score (nSPS) is 10.6. The highest BCUT2D eigenvalue weighted by Crippen LogP contribution is 2.19. The molecule has 2 aromatic rings. The average Bonchev–Trinajstić information content (AvgIpc) is 2.81. The highest BCUT2D eigenvalue weighted by atomic mass is 16.6. The van der Waals surface area contributed by atoms with Gasteiger partial charge >= 0.3 is 0 Å². The van der Waals surface area contributed by atoms with Crippen LogP contribution in [-0.2, 0) is 19.4 Å². The minimum absolute atomic E-state index is 0.151. The molecule has 19 heavy (non-hydrogen) atoms. The number of para-hydroxylation sites is 1. The van der Waals surface area contributed by atoms with E-state index in [0.29, 0.717) is 12.1 Å². The van der Waals surface area contributed by atoms with Crippen molar-refractivity contribution in [2.75, 3.05) is 0 Å². The molecule has 0 aliphatic heterocycles. The molecule has 0 atom stereocenters. The van der Waals surface area contributed by atoms with E-state index in [1.54, 1.807) is 12.1 Å². The zero-order chi connectivity index (χ0) is 13.8. The van der Waals surface area contributed by atoms with Crippen molar-refractivity contribution < 1.29 is 4.92 Å². The quantitative estimate of drug-likeness (QED) is 0.612. The van der Waals surface area contributed by atoms with Gasteiger partial charge in [0.05, 0.1) is 22.7 Å². The molecule has 5 heteroatoms. The van der Waals surface area contributed by atoms with Crippen molar-refractivity contribution in [2.45, 2.75) is 33.2 Å². The van der Waals surface area contributed by atoms with Gasteiger partial charge in [-0.25, -0.2) is 0 Å². The van der Waals surface area contributed by atoms with E-state index in [0.717, 1.165) is 24.2 Å². The summed E-state index contributed by atoms with van der Waals surface area (Å²) in [5, 5.41) is 15.5. The van der Waals surface area contributed by atoms with Crippen molar-refractivity contribution in [2.24, 2.45) is 0 Å². The number of benzene rings is 1. The smallest absolute Gasteiger partial charge is 0.265 e. The maximum atomic E-state index is 11.0. The second kappa shape index (κ2) is 5.65. The predicted octanol–water partition coefficient (Wildman–Crippen LogP) is 2.96. The van der Waals surface area contributed by atoms with Crippen LogP contribution in [0.2, 0.25) is 0 Å². The van der Waals surface area contributed by atoms with Gasteiger partial charge in [-0.2, -0.15) is 5.10 Å². The lowest BCUT2D eigenvalue weighted by molar-refractivity contribution is -0.385. The van der Waals surface area contributed by atoms with Crippen molar-refractivity contribution >= 4 is 5.69 Å². The number of rotatable bonds is 5. The highest BCUT2D eigenvalue weighted by Gasteiger charge is 2.14. The van der Waals surface area contributed by atoms with Gasteiger partial charge in [0.15, 0.2) is 0 Å². The summed E-state index contributed by atoms with van der Waals surface area (Å²) >= 11 is 0. The summed E-state index contributed by atoms with van der Waals surface area (Å²) < 4.78 is 1.86. The second-order valence-electron chi connectivity index (χ2n) is 4.38. The fourth-order valence-corrected chi connectivity index (χ4v) is 2.09. The molecule has 0 spiro atoms. The van der Waals surface area contributed by atoms with E-state index in [9.17, 15) is 10.1 Å². The molecule has 0 radical (unpaired) electrons. The molecule has 0 saturated carbocycles. The Bertz CT molecular complexity index is 590. The fourth-order valence-electron chi connectivity index (χ4n) is 2.09. The summed E-state index contributed by atoms with van der Waals surface area (Å²) in [5.74, 6) is 0. The molecule has 100 valence electrons. The number of hydrogen-bond donors (Lipinski definition) is 0. The minimum Gasteiger partial charge on any atom is -0.265 e. The van der Waals surface area contributed by atoms with E-state index in [1.807, 2.05) is 10.7 Å². The number of nitro benzene ring substituents is 1. The van der Waals surface area contributed by atoms with Crippen LogP contribution in [0.15, 0.2) is 30.3 Å². The van der Waals surface area contributed by atoms with Crippen LogP contribution in [-0.4, -0.2) is 14.7 Å². The number of nitrogens with zero attached hydrogens (tertiary/aromatic N) is 3. The van der Waals surface area contributed by atoms with E-state index in [-0.39, 0.29) is 10.6 Å². The zero-order valence-corrected chi connectivity index (χ0v) is 11.2. The number of nitro groups is 1. The van der Waals surface area contributed by atoms with Gasteiger partial charge in [0.2, 0.25) is 0 Å². The maximum Gasteiger partial charge on any atom is 0.274 e. The van der Waals surface area contributed by atoms with Crippen LogP contribution in [0.5, 0.6) is 0 Å². The second-order valence-corrected chi connectivity index (χ2v) is 4.38. The third kappa shape index (κ3) is 2.81. The van der Waals surface area contributed by atoms with Crippen molar-refractivity contribution in [3.05, 3.63) is 57.4 Å². The molecular weight excluding hydrogens is 242 g/mol. The molecule has 0 fully saturated rings. The first kappa shape index (κ1) is 13.3. The van der Waals surface area contributed by atoms with Gasteiger partial charge < -0.3 is 0 Å². The van der Waals surface area contributed by atoms with E-state index < -0.39 is 0 Å². The summed E-state index contributed by atoms with van der Waals surface area (Å²) in [4.78, 5) is 10.7.